The Balaban J connectivity index is 2.73. The summed E-state index contributed by atoms with van der Waals surface area (Å²) in [4.78, 5) is 0. The maximum Gasteiger partial charge on any atom is 0.155 e. The maximum atomic E-state index is 5.61. The summed E-state index contributed by atoms with van der Waals surface area (Å²) in [6, 6.07) is 5.67. The van der Waals surface area contributed by atoms with E-state index in [-0.39, 0.29) is 0 Å². The molecule has 0 bridgehead atoms. The van der Waals surface area contributed by atoms with Gasteiger partial charge in [0.1, 0.15) is 7.85 Å². The third-order valence-electron chi connectivity index (χ3n) is 1.82. The van der Waals surface area contributed by atoms with Gasteiger partial charge in [0.15, 0.2) is 5.82 Å². The van der Waals surface area contributed by atoms with E-state index in [4.69, 9.17) is 7.85 Å². The quantitative estimate of drug-likeness (QED) is 0.588. The van der Waals surface area contributed by atoms with Crippen LogP contribution in [0.5, 0.6) is 0 Å². The zero-order chi connectivity index (χ0) is 8.55. The van der Waals surface area contributed by atoms with Crippen LogP contribution in [0, 0.1) is 0 Å². The first kappa shape index (κ1) is 7.22. The van der Waals surface area contributed by atoms with E-state index >= 15 is 0 Å². The molecule has 0 saturated carbocycles. The topological polar surface area (TPSA) is 40.7 Å². The van der Waals surface area contributed by atoms with Gasteiger partial charge in [-0.1, -0.05) is 11.5 Å². The van der Waals surface area contributed by atoms with Crippen molar-refractivity contribution in [2.75, 3.05) is 12.4 Å². The van der Waals surface area contributed by atoms with E-state index in [1.54, 1.807) is 0 Å². The summed E-state index contributed by atoms with van der Waals surface area (Å²) in [6.07, 6.45) is 0. The lowest BCUT2D eigenvalue weighted by molar-refractivity contribution is 1.11. The lowest BCUT2D eigenvalue weighted by Crippen LogP contribution is -1.99. The molecule has 0 saturated heterocycles. The summed E-state index contributed by atoms with van der Waals surface area (Å²) in [5.74, 6) is 0.852. The van der Waals surface area contributed by atoms with Gasteiger partial charge in [-0.3, -0.25) is 5.10 Å². The lowest BCUT2D eigenvalue weighted by Gasteiger charge is -1.94. The molecule has 3 nitrogen and oxygen atoms in total. The molecule has 0 aliphatic rings. The molecule has 2 aromatic rings. The van der Waals surface area contributed by atoms with E-state index in [2.05, 4.69) is 15.5 Å². The Morgan fingerprint density at radius 3 is 3.08 bits per heavy atom. The van der Waals surface area contributed by atoms with E-state index in [0.29, 0.717) is 0 Å². The normalized spacial score (nSPS) is 10.4. The minimum absolute atomic E-state index is 0.744. The molecule has 0 aliphatic carbocycles. The SMILES string of the molecule is [B]c1ccc2c(NC)n[nH]c2c1. The Morgan fingerprint density at radius 2 is 2.33 bits per heavy atom. The van der Waals surface area contributed by atoms with Crippen LogP contribution in [-0.4, -0.2) is 25.1 Å². The van der Waals surface area contributed by atoms with E-state index < -0.39 is 0 Å². The molecule has 2 radical (unpaired) electrons. The van der Waals surface area contributed by atoms with Crippen molar-refractivity contribution in [3.63, 3.8) is 0 Å². The van der Waals surface area contributed by atoms with Crippen molar-refractivity contribution in [1.29, 1.82) is 0 Å². The maximum absolute atomic E-state index is 5.61. The van der Waals surface area contributed by atoms with Crippen molar-refractivity contribution in [2.45, 2.75) is 0 Å². The molecule has 2 rings (SSSR count). The summed E-state index contributed by atoms with van der Waals surface area (Å²) < 4.78 is 0. The number of benzene rings is 1. The molecule has 0 amide bonds. The van der Waals surface area contributed by atoms with Gasteiger partial charge in [-0.2, -0.15) is 5.10 Å². The Hall–Kier alpha value is -1.45. The second-order valence-corrected chi connectivity index (χ2v) is 2.63. The third kappa shape index (κ3) is 0.960. The highest BCUT2D eigenvalue weighted by atomic mass is 15.2. The average Bonchev–Trinajstić information content (AvgIpc) is 2.46. The highest BCUT2D eigenvalue weighted by molar-refractivity contribution is 6.33. The minimum atomic E-state index is 0.744. The van der Waals surface area contributed by atoms with E-state index in [0.717, 1.165) is 22.2 Å². The Labute approximate surface area is 71.6 Å². The number of fused-ring (bicyclic) bond motifs is 1. The molecule has 2 N–H and O–H groups in total. The van der Waals surface area contributed by atoms with Crippen LogP contribution in [-0.2, 0) is 0 Å². The average molecular weight is 157 g/mol. The number of hydrogen-bond donors (Lipinski definition) is 2. The molecule has 1 aromatic carbocycles. The van der Waals surface area contributed by atoms with Crippen LogP contribution in [0.1, 0.15) is 0 Å². The van der Waals surface area contributed by atoms with E-state index in [1.807, 2.05) is 25.2 Å². The second kappa shape index (κ2) is 2.55. The summed E-state index contributed by atoms with van der Waals surface area (Å²) in [5, 5.41) is 11.0. The second-order valence-electron chi connectivity index (χ2n) is 2.63. The number of nitrogens with one attached hydrogen (secondary N) is 2. The van der Waals surface area contributed by atoms with Gasteiger partial charge in [0.05, 0.1) is 5.52 Å². The molecule has 1 heterocycles. The number of anilines is 1. The van der Waals surface area contributed by atoms with Crippen molar-refractivity contribution in [3.05, 3.63) is 18.2 Å². The first-order valence-corrected chi connectivity index (χ1v) is 3.72. The standard InChI is InChI=1S/C8H8BN3/c1-10-8-6-3-2-5(9)4-7(6)11-12-8/h2-4H,1H3,(H2,10,11,12). The summed E-state index contributed by atoms with van der Waals surface area (Å²) in [5.41, 5.74) is 1.70. The largest absolute Gasteiger partial charge is 0.371 e. The van der Waals surface area contributed by atoms with Gasteiger partial charge < -0.3 is 5.32 Å². The molecule has 0 atom stereocenters. The molecule has 1 aromatic heterocycles. The Bertz CT molecular complexity index is 408. The number of nitrogens with zero attached hydrogens (tertiary/aromatic N) is 1. The van der Waals surface area contributed by atoms with E-state index in [9.17, 15) is 0 Å². The number of hydrogen-bond acceptors (Lipinski definition) is 2. The minimum Gasteiger partial charge on any atom is -0.371 e. The smallest absolute Gasteiger partial charge is 0.155 e. The fourth-order valence-electron chi connectivity index (χ4n) is 1.23. The summed E-state index contributed by atoms with van der Waals surface area (Å²) in [6.45, 7) is 0. The van der Waals surface area contributed by atoms with Gasteiger partial charge in [0, 0.05) is 12.4 Å². The van der Waals surface area contributed by atoms with Crippen LogP contribution in [0.3, 0.4) is 0 Å². The molecule has 12 heavy (non-hydrogen) atoms. The van der Waals surface area contributed by atoms with Gasteiger partial charge in [0.25, 0.3) is 0 Å². The Morgan fingerprint density at radius 1 is 1.50 bits per heavy atom. The van der Waals surface area contributed by atoms with Crippen LogP contribution in [0.15, 0.2) is 18.2 Å². The van der Waals surface area contributed by atoms with Gasteiger partial charge in [-0.05, 0) is 12.1 Å². The van der Waals surface area contributed by atoms with Crippen molar-refractivity contribution >= 4 is 30.0 Å². The first-order chi connectivity index (χ1) is 5.81. The number of aromatic amines is 1. The Kier molecular flexibility index (Phi) is 1.53. The molecule has 0 spiro atoms. The number of aromatic nitrogens is 2. The third-order valence-corrected chi connectivity index (χ3v) is 1.82. The van der Waals surface area contributed by atoms with Crippen LogP contribution in [0.4, 0.5) is 5.82 Å². The molecular formula is C8H8BN3. The molecule has 0 fully saturated rings. The molecule has 0 aliphatic heterocycles. The highest BCUT2D eigenvalue weighted by Crippen LogP contribution is 2.17. The predicted molar refractivity (Wildman–Crippen MR) is 51.0 cm³/mol. The highest BCUT2D eigenvalue weighted by Gasteiger charge is 2.01. The van der Waals surface area contributed by atoms with Crippen molar-refractivity contribution in [3.8, 4) is 0 Å². The monoisotopic (exact) mass is 157 g/mol. The fraction of sp³-hybridized carbons (Fsp3) is 0.125. The zero-order valence-corrected chi connectivity index (χ0v) is 6.76. The van der Waals surface area contributed by atoms with Crippen molar-refractivity contribution < 1.29 is 0 Å². The van der Waals surface area contributed by atoms with Crippen LogP contribution in [0.25, 0.3) is 10.9 Å². The van der Waals surface area contributed by atoms with Crippen molar-refractivity contribution in [1.82, 2.24) is 10.2 Å². The summed E-state index contributed by atoms with van der Waals surface area (Å²) >= 11 is 0. The van der Waals surface area contributed by atoms with E-state index in [1.165, 1.54) is 0 Å². The van der Waals surface area contributed by atoms with Gasteiger partial charge >= 0.3 is 0 Å². The van der Waals surface area contributed by atoms with Crippen LogP contribution >= 0.6 is 0 Å². The first-order valence-electron chi connectivity index (χ1n) is 3.72. The van der Waals surface area contributed by atoms with Crippen LogP contribution < -0.4 is 10.8 Å². The van der Waals surface area contributed by atoms with Crippen molar-refractivity contribution in [2.24, 2.45) is 0 Å². The molecule has 58 valence electrons. The number of rotatable bonds is 1. The number of H-pyrrole nitrogens is 1. The molecular weight excluding hydrogens is 149 g/mol. The molecule has 0 unspecified atom stereocenters. The molecule has 4 heteroatoms. The fourth-order valence-corrected chi connectivity index (χ4v) is 1.23. The van der Waals surface area contributed by atoms with Gasteiger partial charge in [-0.15, -0.1) is 0 Å². The zero-order valence-electron chi connectivity index (χ0n) is 6.76. The lowest BCUT2D eigenvalue weighted by atomic mass is 9.95. The predicted octanol–water partition coefficient (Wildman–Crippen LogP) is 0.398. The summed E-state index contributed by atoms with van der Waals surface area (Å²) in [7, 11) is 7.45. The van der Waals surface area contributed by atoms with Gasteiger partial charge in [0.2, 0.25) is 0 Å². The van der Waals surface area contributed by atoms with Crippen LogP contribution in [0.2, 0.25) is 0 Å². The van der Waals surface area contributed by atoms with Gasteiger partial charge in [-0.25, -0.2) is 0 Å².